The molecule has 7 nitrogen and oxygen atoms in total. The number of nitrogens with zero attached hydrogens (tertiary/aromatic N) is 4. The SMILES string of the molecule is CN(C)S(=O)(=O)c1ccc(-c2c(CO)nnn2C)cc1. The van der Waals surface area contributed by atoms with Crippen LogP contribution in [-0.2, 0) is 23.7 Å². The average molecular weight is 296 g/mol. The summed E-state index contributed by atoms with van der Waals surface area (Å²) in [6.07, 6.45) is 0. The summed E-state index contributed by atoms with van der Waals surface area (Å²) in [4.78, 5) is 0.215. The molecule has 0 unspecified atom stereocenters. The molecule has 0 bridgehead atoms. The van der Waals surface area contributed by atoms with Gasteiger partial charge in [-0.3, -0.25) is 0 Å². The van der Waals surface area contributed by atoms with Crippen molar-refractivity contribution in [1.29, 1.82) is 0 Å². The second-order valence-electron chi connectivity index (χ2n) is 4.48. The first-order valence-corrected chi connectivity index (χ1v) is 7.34. The van der Waals surface area contributed by atoms with E-state index in [1.807, 2.05) is 0 Å². The summed E-state index contributed by atoms with van der Waals surface area (Å²) in [5.74, 6) is 0. The molecule has 0 amide bonds. The first kappa shape index (κ1) is 14.6. The molecular weight excluding hydrogens is 280 g/mol. The van der Waals surface area contributed by atoms with Crippen molar-refractivity contribution in [3.8, 4) is 11.3 Å². The van der Waals surface area contributed by atoms with Gasteiger partial charge < -0.3 is 5.11 Å². The molecule has 1 heterocycles. The maximum atomic E-state index is 12.0. The summed E-state index contributed by atoms with van der Waals surface area (Å²) >= 11 is 0. The quantitative estimate of drug-likeness (QED) is 0.872. The molecule has 2 rings (SSSR count). The van der Waals surface area contributed by atoms with E-state index < -0.39 is 10.0 Å². The Bertz CT molecular complexity index is 705. The first-order valence-electron chi connectivity index (χ1n) is 5.90. The van der Waals surface area contributed by atoms with Gasteiger partial charge in [-0.15, -0.1) is 5.10 Å². The number of benzene rings is 1. The molecule has 0 spiro atoms. The van der Waals surface area contributed by atoms with Gasteiger partial charge in [0.05, 0.1) is 17.2 Å². The molecule has 0 aliphatic carbocycles. The van der Waals surface area contributed by atoms with E-state index in [9.17, 15) is 13.5 Å². The second-order valence-corrected chi connectivity index (χ2v) is 6.63. The predicted molar refractivity (Wildman–Crippen MR) is 73.2 cm³/mol. The zero-order chi connectivity index (χ0) is 14.9. The van der Waals surface area contributed by atoms with Gasteiger partial charge in [-0.05, 0) is 12.1 Å². The summed E-state index contributed by atoms with van der Waals surface area (Å²) in [5.41, 5.74) is 1.87. The molecular formula is C12H16N4O3S. The maximum Gasteiger partial charge on any atom is 0.242 e. The molecule has 0 atom stereocenters. The van der Waals surface area contributed by atoms with E-state index in [1.165, 1.54) is 26.2 Å². The second kappa shape index (κ2) is 5.31. The lowest BCUT2D eigenvalue weighted by atomic mass is 10.1. The Morgan fingerprint density at radius 2 is 1.85 bits per heavy atom. The maximum absolute atomic E-state index is 12.0. The summed E-state index contributed by atoms with van der Waals surface area (Å²) in [6.45, 7) is -0.221. The van der Waals surface area contributed by atoms with Crippen LogP contribution in [0.1, 0.15) is 5.69 Å². The third-order valence-electron chi connectivity index (χ3n) is 2.95. The van der Waals surface area contributed by atoms with Gasteiger partial charge in [-0.25, -0.2) is 17.4 Å². The van der Waals surface area contributed by atoms with Gasteiger partial charge in [-0.2, -0.15) is 0 Å². The Labute approximate surface area is 117 Å². The number of hydrogen-bond acceptors (Lipinski definition) is 5. The molecule has 0 radical (unpaired) electrons. The number of aromatic nitrogens is 3. The van der Waals surface area contributed by atoms with Crippen LogP contribution in [0.4, 0.5) is 0 Å². The summed E-state index contributed by atoms with van der Waals surface area (Å²) in [5, 5.41) is 16.9. The van der Waals surface area contributed by atoms with Crippen LogP contribution < -0.4 is 0 Å². The van der Waals surface area contributed by atoms with E-state index in [0.29, 0.717) is 11.4 Å². The number of rotatable bonds is 4. The van der Waals surface area contributed by atoms with Crippen LogP contribution >= 0.6 is 0 Å². The fourth-order valence-electron chi connectivity index (χ4n) is 1.86. The monoisotopic (exact) mass is 296 g/mol. The fraction of sp³-hybridized carbons (Fsp3) is 0.333. The molecule has 0 saturated carbocycles. The van der Waals surface area contributed by atoms with Crippen molar-refractivity contribution in [1.82, 2.24) is 19.3 Å². The third kappa shape index (κ3) is 2.45. The lowest BCUT2D eigenvalue weighted by Crippen LogP contribution is -2.22. The van der Waals surface area contributed by atoms with E-state index in [4.69, 9.17) is 0 Å². The largest absolute Gasteiger partial charge is 0.390 e. The molecule has 1 aromatic carbocycles. The molecule has 2 aromatic rings. The molecule has 0 aliphatic rings. The van der Waals surface area contributed by atoms with Crippen molar-refractivity contribution in [2.24, 2.45) is 7.05 Å². The lowest BCUT2D eigenvalue weighted by molar-refractivity contribution is 0.277. The minimum atomic E-state index is -3.44. The zero-order valence-corrected chi connectivity index (χ0v) is 12.3. The highest BCUT2D eigenvalue weighted by atomic mass is 32.2. The van der Waals surface area contributed by atoms with Gasteiger partial charge in [0.1, 0.15) is 5.69 Å². The van der Waals surface area contributed by atoms with Crippen molar-refractivity contribution in [3.63, 3.8) is 0 Å². The van der Waals surface area contributed by atoms with Crippen molar-refractivity contribution in [3.05, 3.63) is 30.0 Å². The van der Waals surface area contributed by atoms with Gasteiger partial charge in [0.15, 0.2) is 0 Å². The number of sulfonamides is 1. The number of aliphatic hydroxyl groups excluding tert-OH is 1. The highest BCUT2D eigenvalue weighted by Crippen LogP contribution is 2.24. The van der Waals surface area contributed by atoms with E-state index in [1.54, 1.807) is 23.9 Å². The van der Waals surface area contributed by atoms with Crippen molar-refractivity contribution in [2.45, 2.75) is 11.5 Å². The zero-order valence-electron chi connectivity index (χ0n) is 11.5. The molecule has 1 aromatic heterocycles. The van der Waals surface area contributed by atoms with Gasteiger partial charge in [0.25, 0.3) is 0 Å². The molecule has 0 aliphatic heterocycles. The van der Waals surface area contributed by atoms with Gasteiger partial charge in [0, 0.05) is 26.7 Å². The number of aryl methyl sites for hydroxylation is 1. The van der Waals surface area contributed by atoms with Gasteiger partial charge >= 0.3 is 0 Å². The van der Waals surface area contributed by atoms with E-state index in [-0.39, 0.29) is 11.5 Å². The number of hydrogen-bond donors (Lipinski definition) is 1. The Morgan fingerprint density at radius 3 is 2.35 bits per heavy atom. The Kier molecular flexibility index (Phi) is 3.89. The molecule has 20 heavy (non-hydrogen) atoms. The van der Waals surface area contributed by atoms with E-state index in [2.05, 4.69) is 10.3 Å². The predicted octanol–water partition coefficient (Wildman–Crippen LogP) is 0.225. The molecule has 0 fully saturated rings. The fourth-order valence-corrected chi connectivity index (χ4v) is 2.76. The average Bonchev–Trinajstić information content (AvgIpc) is 2.79. The van der Waals surface area contributed by atoms with Crippen molar-refractivity contribution >= 4 is 10.0 Å². The Hall–Kier alpha value is -1.77. The summed E-state index contributed by atoms with van der Waals surface area (Å²) < 4.78 is 26.7. The topological polar surface area (TPSA) is 88.3 Å². The lowest BCUT2D eigenvalue weighted by Gasteiger charge is -2.11. The standard InChI is InChI=1S/C12H16N4O3S/c1-15(2)20(18,19)10-6-4-9(5-7-10)12-11(8-17)13-14-16(12)3/h4-7,17H,8H2,1-3H3. The van der Waals surface area contributed by atoms with Crippen molar-refractivity contribution in [2.75, 3.05) is 14.1 Å². The summed E-state index contributed by atoms with van der Waals surface area (Å²) in [7, 11) is 1.24. The van der Waals surface area contributed by atoms with Gasteiger partial charge in [0.2, 0.25) is 10.0 Å². The van der Waals surface area contributed by atoms with Gasteiger partial charge in [-0.1, -0.05) is 17.3 Å². The third-order valence-corrected chi connectivity index (χ3v) is 4.78. The first-order chi connectivity index (χ1) is 9.37. The summed E-state index contributed by atoms with van der Waals surface area (Å²) in [6, 6.07) is 6.40. The van der Waals surface area contributed by atoms with Crippen LogP contribution in [-0.4, -0.2) is 46.9 Å². The smallest absolute Gasteiger partial charge is 0.242 e. The van der Waals surface area contributed by atoms with Crippen LogP contribution in [0.2, 0.25) is 0 Å². The molecule has 8 heteroatoms. The molecule has 1 N–H and O–H groups in total. The van der Waals surface area contributed by atoms with E-state index >= 15 is 0 Å². The minimum absolute atomic E-state index is 0.215. The molecule has 108 valence electrons. The van der Waals surface area contributed by atoms with E-state index in [0.717, 1.165) is 9.87 Å². The van der Waals surface area contributed by atoms with Crippen LogP contribution in [0, 0.1) is 0 Å². The highest BCUT2D eigenvalue weighted by Gasteiger charge is 2.18. The van der Waals surface area contributed by atoms with Crippen LogP contribution in [0.3, 0.4) is 0 Å². The highest BCUT2D eigenvalue weighted by molar-refractivity contribution is 7.89. The Morgan fingerprint density at radius 1 is 1.25 bits per heavy atom. The van der Waals surface area contributed by atoms with Crippen LogP contribution in [0.5, 0.6) is 0 Å². The Balaban J connectivity index is 2.46. The van der Waals surface area contributed by atoms with Crippen molar-refractivity contribution < 1.29 is 13.5 Å². The minimum Gasteiger partial charge on any atom is -0.390 e. The van der Waals surface area contributed by atoms with Crippen LogP contribution in [0.25, 0.3) is 11.3 Å². The number of aliphatic hydroxyl groups is 1. The van der Waals surface area contributed by atoms with Crippen LogP contribution in [0.15, 0.2) is 29.2 Å². The molecule has 0 saturated heterocycles. The normalized spacial score (nSPS) is 12.1.